The normalized spacial score (nSPS) is 10.3. The highest BCUT2D eigenvalue weighted by Crippen LogP contribution is 2.25. The molecular formula is C21H26N2O4. The summed E-state index contributed by atoms with van der Waals surface area (Å²) in [5.74, 6) is 0.766. The molecule has 144 valence electrons. The Morgan fingerprint density at radius 2 is 1.56 bits per heavy atom. The average Bonchev–Trinajstić information content (AvgIpc) is 2.65. The van der Waals surface area contributed by atoms with E-state index in [1.165, 1.54) is 21.1 Å². The summed E-state index contributed by atoms with van der Waals surface area (Å²) in [4.78, 5) is 26.3. The second kappa shape index (κ2) is 9.07. The molecule has 0 spiro atoms. The third-order valence-electron chi connectivity index (χ3n) is 4.32. The SMILES string of the molecule is COc1cc(OC)cc(C(=O)NCCN(C(C)=O)c2c(C)cccc2C)c1. The quantitative estimate of drug-likeness (QED) is 0.813. The number of carbonyl (C=O) groups is 2. The number of hydrogen-bond acceptors (Lipinski definition) is 4. The Labute approximate surface area is 160 Å². The summed E-state index contributed by atoms with van der Waals surface area (Å²) in [5, 5.41) is 2.85. The lowest BCUT2D eigenvalue weighted by Gasteiger charge is -2.25. The van der Waals surface area contributed by atoms with Crippen molar-refractivity contribution in [1.82, 2.24) is 5.32 Å². The lowest BCUT2D eigenvalue weighted by atomic mass is 10.1. The van der Waals surface area contributed by atoms with E-state index < -0.39 is 0 Å². The van der Waals surface area contributed by atoms with E-state index in [1.807, 2.05) is 32.0 Å². The smallest absolute Gasteiger partial charge is 0.251 e. The van der Waals surface area contributed by atoms with Crippen LogP contribution in [0.15, 0.2) is 36.4 Å². The van der Waals surface area contributed by atoms with E-state index in [4.69, 9.17) is 9.47 Å². The van der Waals surface area contributed by atoms with Gasteiger partial charge in [0.15, 0.2) is 0 Å². The summed E-state index contributed by atoms with van der Waals surface area (Å²) >= 11 is 0. The fourth-order valence-electron chi connectivity index (χ4n) is 2.98. The molecule has 2 aromatic rings. The second-order valence-corrected chi connectivity index (χ2v) is 6.27. The van der Waals surface area contributed by atoms with E-state index in [9.17, 15) is 9.59 Å². The van der Waals surface area contributed by atoms with Crippen LogP contribution >= 0.6 is 0 Å². The van der Waals surface area contributed by atoms with E-state index in [-0.39, 0.29) is 11.8 Å². The first-order valence-electron chi connectivity index (χ1n) is 8.73. The largest absolute Gasteiger partial charge is 0.497 e. The highest BCUT2D eigenvalue weighted by Gasteiger charge is 2.16. The summed E-state index contributed by atoms with van der Waals surface area (Å²) in [6, 6.07) is 10.9. The summed E-state index contributed by atoms with van der Waals surface area (Å²) in [6.45, 7) is 6.18. The maximum absolute atomic E-state index is 12.5. The zero-order chi connectivity index (χ0) is 20.0. The summed E-state index contributed by atoms with van der Waals surface area (Å²) in [6.07, 6.45) is 0. The maximum Gasteiger partial charge on any atom is 0.251 e. The van der Waals surface area contributed by atoms with Gasteiger partial charge in [0.05, 0.1) is 14.2 Å². The van der Waals surface area contributed by atoms with Crippen molar-refractivity contribution in [2.45, 2.75) is 20.8 Å². The Bertz CT molecular complexity index is 790. The molecule has 2 amide bonds. The molecular weight excluding hydrogens is 344 g/mol. The summed E-state index contributed by atoms with van der Waals surface area (Å²) in [5.41, 5.74) is 3.37. The Morgan fingerprint density at radius 1 is 1.00 bits per heavy atom. The highest BCUT2D eigenvalue weighted by atomic mass is 16.5. The van der Waals surface area contributed by atoms with Crippen LogP contribution in [-0.2, 0) is 4.79 Å². The van der Waals surface area contributed by atoms with Gasteiger partial charge in [-0.2, -0.15) is 0 Å². The van der Waals surface area contributed by atoms with Crippen LogP contribution in [0, 0.1) is 13.8 Å². The molecule has 1 N–H and O–H groups in total. The van der Waals surface area contributed by atoms with Crippen LogP contribution < -0.4 is 19.7 Å². The molecule has 2 aromatic carbocycles. The molecule has 6 nitrogen and oxygen atoms in total. The van der Waals surface area contributed by atoms with Gasteiger partial charge >= 0.3 is 0 Å². The van der Waals surface area contributed by atoms with Gasteiger partial charge in [0.1, 0.15) is 11.5 Å². The number of carbonyl (C=O) groups excluding carboxylic acids is 2. The number of para-hydroxylation sites is 1. The van der Waals surface area contributed by atoms with E-state index in [1.54, 1.807) is 23.1 Å². The molecule has 0 atom stereocenters. The first-order chi connectivity index (χ1) is 12.9. The monoisotopic (exact) mass is 370 g/mol. The van der Waals surface area contributed by atoms with Gasteiger partial charge < -0.3 is 19.7 Å². The minimum atomic E-state index is -0.253. The predicted octanol–water partition coefficient (Wildman–Crippen LogP) is 3.10. The Kier molecular flexibility index (Phi) is 6.82. The van der Waals surface area contributed by atoms with E-state index in [0.29, 0.717) is 30.2 Å². The van der Waals surface area contributed by atoms with Crippen LogP contribution in [0.1, 0.15) is 28.4 Å². The van der Waals surface area contributed by atoms with Crippen molar-refractivity contribution in [3.8, 4) is 11.5 Å². The summed E-state index contributed by atoms with van der Waals surface area (Å²) < 4.78 is 10.4. The molecule has 0 aromatic heterocycles. The number of nitrogens with zero attached hydrogens (tertiary/aromatic N) is 1. The molecule has 27 heavy (non-hydrogen) atoms. The second-order valence-electron chi connectivity index (χ2n) is 6.27. The molecule has 2 rings (SSSR count). The molecule has 6 heteroatoms. The number of hydrogen-bond donors (Lipinski definition) is 1. The first-order valence-corrected chi connectivity index (χ1v) is 8.73. The average molecular weight is 370 g/mol. The molecule has 0 aliphatic heterocycles. The number of aryl methyl sites for hydroxylation is 2. The number of methoxy groups -OCH3 is 2. The van der Waals surface area contributed by atoms with Crippen LogP contribution in [0.5, 0.6) is 11.5 Å². The third kappa shape index (κ3) is 5.00. The zero-order valence-corrected chi connectivity index (χ0v) is 16.5. The minimum Gasteiger partial charge on any atom is -0.497 e. The zero-order valence-electron chi connectivity index (χ0n) is 16.5. The van der Waals surface area contributed by atoms with Crippen LogP contribution in [0.3, 0.4) is 0 Å². The molecule has 0 unspecified atom stereocenters. The van der Waals surface area contributed by atoms with Gasteiger partial charge in [-0.05, 0) is 37.1 Å². The van der Waals surface area contributed by atoms with Crippen molar-refractivity contribution in [2.75, 3.05) is 32.2 Å². The predicted molar refractivity (Wildman–Crippen MR) is 106 cm³/mol. The fourth-order valence-corrected chi connectivity index (χ4v) is 2.98. The third-order valence-corrected chi connectivity index (χ3v) is 4.32. The van der Waals surface area contributed by atoms with Crippen LogP contribution in [-0.4, -0.2) is 39.1 Å². The topological polar surface area (TPSA) is 67.9 Å². The lowest BCUT2D eigenvalue weighted by molar-refractivity contribution is -0.116. The van der Waals surface area contributed by atoms with E-state index in [0.717, 1.165) is 16.8 Å². The van der Waals surface area contributed by atoms with Crippen molar-refractivity contribution in [3.05, 3.63) is 53.1 Å². The van der Waals surface area contributed by atoms with Crippen LogP contribution in [0.2, 0.25) is 0 Å². The molecule has 0 radical (unpaired) electrons. The number of benzene rings is 2. The van der Waals surface area contributed by atoms with Crippen molar-refractivity contribution in [3.63, 3.8) is 0 Å². The number of nitrogens with one attached hydrogen (secondary N) is 1. The van der Waals surface area contributed by atoms with Crippen LogP contribution in [0.4, 0.5) is 5.69 Å². The fraction of sp³-hybridized carbons (Fsp3) is 0.333. The Balaban J connectivity index is 2.09. The van der Waals surface area contributed by atoms with Gasteiger partial charge in [0.25, 0.3) is 5.91 Å². The minimum absolute atomic E-state index is 0.0651. The van der Waals surface area contributed by atoms with Gasteiger partial charge in [0.2, 0.25) is 5.91 Å². The van der Waals surface area contributed by atoms with Gasteiger partial charge in [-0.15, -0.1) is 0 Å². The number of anilines is 1. The molecule has 0 saturated heterocycles. The maximum atomic E-state index is 12.5. The van der Waals surface area contributed by atoms with Gasteiger partial charge in [-0.1, -0.05) is 18.2 Å². The van der Waals surface area contributed by atoms with Crippen molar-refractivity contribution < 1.29 is 19.1 Å². The van der Waals surface area contributed by atoms with Crippen LogP contribution in [0.25, 0.3) is 0 Å². The van der Waals surface area contributed by atoms with Crippen molar-refractivity contribution in [1.29, 1.82) is 0 Å². The van der Waals surface area contributed by atoms with Crippen molar-refractivity contribution in [2.24, 2.45) is 0 Å². The Hall–Kier alpha value is -3.02. The number of rotatable bonds is 7. The van der Waals surface area contributed by atoms with Gasteiger partial charge in [-0.25, -0.2) is 0 Å². The molecule has 0 fully saturated rings. The number of amides is 2. The van der Waals surface area contributed by atoms with Gasteiger partial charge in [-0.3, -0.25) is 9.59 Å². The Morgan fingerprint density at radius 3 is 2.04 bits per heavy atom. The molecule has 0 heterocycles. The molecule has 0 aliphatic rings. The van der Waals surface area contributed by atoms with Gasteiger partial charge in [0, 0.05) is 37.3 Å². The molecule has 0 bridgehead atoms. The lowest BCUT2D eigenvalue weighted by Crippen LogP contribution is -2.38. The van der Waals surface area contributed by atoms with E-state index >= 15 is 0 Å². The molecule has 0 aliphatic carbocycles. The highest BCUT2D eigenvalue weighted by molar-refractivity contribution is 5.96. The number of ether oxygens (including phenoxy) is 2. The summed E-state index contributed by atoms with van der Waals surface area (Å²) in [7, 11) is 3.07. The van der Waals surface area contributed by atoms with E-state index in [2.05, 4.69) is 5.32 Å². The molecule has 0 saturated carbocycles. The standard InChI is InChI=1S/C21H26N2O4/c1-14-7-6-8-15(2)20(14)23(16(3)24)10-9-22-21(25)17-11-18(26-4)13-19(12-17)27-5/h6-8,11-13H,9-10H2,1-5H3,(H,22,25). The first kappa shape index (κ1) is 20.3. The van der Waals surface area contributed by atoms with Crippen molar-refractivity contribution >= 4 is 17.5 Å².